The van der Waals surface area contributed by atoms with Crippen LogP contribution in [0.15, 0.2) is 36.1 Å². The standard InChI is InChI=1S/C14H16N4OS/c19-14(17-12-10-15-5-6-16-12)11-3-7-18(8-4-11)13-2-1-9-20-13/h1-2,5-6,9-11H,3-4,7-8H2,(H,16,17,19). The Morgan fingerprint density at radius 1 is 1.35 bits per heavy atom. The van der Waals surface area contributed by atoms with E-state index in [-0.39, 0.29) is 11.8 Å². The van der Waals surface area contributed by atoms with Gasteiger partial charge in [0.25, 0.3) is 0 Å². The van der Waals surface area contributed by atoms with Crippen molar-refractivity contribution in [2.45, 2.75) is 12.8 Å². The minimum Gasteiger partial charge on any atom is -0.363 e. The SMILES string of the molecule is O=C(Nc1cnccn1)C1CCN(c2cccs2)CC1. The zero-order chi connectivity index (χ0) is 13.8. The second-order valence-electron chi connectivity index (χ2n) is 4.79. The van der Waals surface area contributed by atoms with E-state index >= 15 is 0 Å². The number of nitrogens with zero attached hydrogens (tertiary/aromatic N) is 3. The van der Waals surface area contributed by atoms with Crippen molar-refractivity contribution >= 4 is 28.1 Å². The Hall–Kier alpha value is -1.95. The van der Waals surface area contributed by atoms with Crippen LogP contribution >= 0.6 is 11.3 Å². The first-order valence-electron chi connectivity index (χ1n) is 6.68. The maximum Gasteiger partial charge on any atom is 0.228 e. The van der Waals surface area contributed by atoms with Crippen molar-refractivity contribution in [2.75, 3.05) is 23.3 Å². The van der Waals surface area contributed by atoms with Gasteiger partial charge in [-0.1, -0.05) is 0 Å². The molecule has 1 aliphatic rings. The first-order valence-corrected chi connectivity index (χ1v) is 7.56. The molecule has 20 heavy (non-hydrogen) atoms. The van der Waals surface area contributed by atoms with E-state index in [1.807, 2.05) is 0 Å². The van der Waals surface area contributed by atoms with Gasteiger partial charge < -0.3 is 10.2 Å². The number of anilines is 2. The van der Waals surface area contributed by atoms with E-state index in [4.69, 9.17) is 0 Å². The second kappa shape index (κ2) is 6.00. The molecule has 0 saturated carbocycles. The molecule has 2 aromatic heterocycles. The van der Waals surface area contributed by atoms with Gasteiger partial charge in [-0.15, -0.1) is 11.3 Å². The molecule has 3 rings (SSSR count). The largest absolute Gasteiger partial charge is 0.363 e. The van der Waals surface area contributed by atoms with Crippen LogP contribution in [0.4, 0.5) is 10.8 Å². The molecule has 0 aliphatic carbocycles. The third kappa shape index (κ3) is 2.96. The minimum atomic E-state index is 0.0522. The average molecular weight is 288 g/mol. The molecular formula is C14H16N4OS. The van der Waals surface area contributed by atoms with Crippen LogP contribution in [0.2, 0.25) is 0 Å². The van der Waals surface area contributed by atoms with E-state index in [1.165, 1.54) is 5.00 Å². The molecule has 104 valence electrons. The Labute approximate surface area is 121 Å². The third-order valence-electron chi connectivity index (χ3n) is 3.50. The van der Waals surface area contributed by atoms with Crippen LogP contribution in [-0.4, -0.2) is 29.0 Å². The van der Waals surface area contributed by atoms with E-state index in [9.17, 15) is 4.79 Å². The number of rotatable bonds is 3. The van der Waals surface area contributed by atoms with Gasteiger partial charge in [-0.05, 0) is 30.4 Å². The Balaban J connectivity index is 1.54. The number of amides is 1. The lowest BCUT2D eigenvalue weighted by Gasteiger charge is -2.31. The molecule has 0 spiro atoms. The number of aromatic nitrogens is 2. The quantitative estimate of drug-likeness (QED) is 0.942. The van der Waals surface area contributed by atoms with Crippen LogP contribution in [0.25, 0.3) is 0 Å². The zero-order valence-electron chi connectivity index (χ0n) is 11.0. The van der Waals surface area contributed by atoms with Crippen LogP contribution in [0, 0.1) is 5.92 Å². The Morgan fingerprint density at radius 2 is 2.20 bits per heavy atom. The molecule has 1 aliphatic heterocycles. The third-order valence-corrected chi connectivity index (χ3v) is 4.43. The molecule has 0 bridgehead atoms. The molecule has 0 radical (unpaired) electrons. The van der Waals surface area contributed by atoms with Crippen LogP contribution in [0.1, 0.15) is 12.8 Å². The van der Waals surface area contributed by atoms with Crippen molar-refractivity contribution in [3.05, 3.63) is 36.1 Å². The number of carbonyl (C=O) groups excluding carboxylic acids is 1. The fraction of sp³-hybridized carbons (Fsp3) is 0.357. The van der Waals surface area contributed by atoms with E-state index < -0.39 is 0 Å². The molecule has 0 atom stereocenters. The number of nitrogens with one attached hydrogen (secondary N) is 1. The highest BCUT2D eigenvalue weighted by molar-refractivity contribution is 7.14. The number of hydrogen-bond acceptors (Lipinski definition) is 5. The zero-order valence-corrected chi connectivity index (χ0v) is 11.8. The lowest BCUT2D eigenvalue weighted by molar-refractivity contribution is -0.120. The molecule has 1 fully saturated rings. The van der Waals surface area contributed by atoms with Crippen molar-refractivity contribution in [3.8, 4) is 0 Å². The highest BCUT2D eigenvalue weighted by Crippen LogP contribution is 2.27. The molecule has 1 N–H and O–H groups in total. The lowest BCUT2D eigenvalue weighted by Crippen LogP contribution is -2.37. The predicted molar refractivity (Wildman–Crippen MR) is 79.9 cm³/mol. The molecule has 0 aromatic carbocycles. The molecular weight excluding hydrogens is 272 g/mol. The number of piperidine rings is 1. The van der Waals surface area contributed by atoms with Gasteiger partial charge in [-0.2, -0.15) is 0 Å². The van der Waals surface area contributed by atoms with Crippen molar-refractivity contribution in [2.24, 2.45) is 5.92 Å². The van der Waals surface area contributed by atoms with Crippen LogP contribution in [-0.2, 0) is 4.79 Å². The van der Waals surface area contributed by atoms with Crippen molar-refractivity contribution in [3.63, 3.8) is 0 Å². The highest BCUT2D eigenvalue weighted by Gasteiger charge is 2.25. The monoisotopic (exact) mass is 288 g/mol. The van der Waals surface area contributed by atoms with Crippen molar-refractivity contribution in [1.29, 1.82) is 0 Å². The van der Waals surface area contributed by atoms with Gasteiger partial charge in [-0.25, -0.2) is 4.98 Å². The Kier molecular flexibility index (Phi) is 3.92. The maximum absolute atomic E-state index is 12.2. The Morgan fingerprint density at radius 3 is 2.85 bits per heavy atom. The molecule has 6 heteroatoms. The van der Waals surface area contributed by atoms with Crippen molar-refractivity contribution in [1.82, 2.24) is 9.97 Å². The fourth-order valence-corrected chi connectivity index (χ4v) is 3.19. The van der Waals surface area contributed by atoms with Crippen molar-refractivity contribution < 1.29 is 4.79 Å². The molecule has 0 unspecified atom stereocenters. The van der Waals surface area contributed by atoms with E-state index in [0.29, 0.717) is 5.82 Å². The van der Waals surface area contributed by atoms with Gasteiger partial charge in [-0.3, -0.25) is 9.78 Å². The number of carbonyl (C=O) groups is 1. The first-order chi connectivity index (χ1) is 9.83. The second-order valence-corrected chi connectivity index (χ2v) is 5.72. The fourth-order valence-electron chi connectivity index (χ4n) is 2.40. The summed E-state index contributed by atoms with van der Waals surface area (Å²) >= 11 is 1.75. The molecule has 1 saturated heterocycles. The summed E-state index contributed by atoms with van der Waals surface area (Å²) in [6, 6.07) is 4.19. The first kappa shape index (κ1) is 13.1. The van der Waals surface area contributed by atoms with Crippen LogP contribution in [0.5, 0.6) is 0 Å². The van der Waals surface area contributed by atoms with Gasteiger partial charge in [0.15, 0.2) is 5.82 Å². The predicted octanol–water partition coefficient (Wildman–Crippen LogP) is 2.39. The highest BCUT2D eigenvalue weighted by atomic mass is 32.1. The molecule has 2 aromatic rings. The summed E-state index contributed by atoms with van der Waals surface area (Å²) in [5.74, 6) is 0.641. The molecule has 3 heterocycles. The summed E-state index contributed by atoms with van der Waals surface area (Å²) in [6.07, 6.45) is 6.50. The van der Waals surface area contributed by atoms with Crippen LogP contribution in [0.3, 0.4) is 0 Å². The smallest absolute Gasteiger partial charge is 0.228 e. The number of hydrogen-bond donors (Lipinski definition) is 1. The normalized spacial score (nSPS) is 16.1. The average Bonchev–Trinajstić information content (AvgIpc) is 3.03. The maximum atomic E-state index is 12.2. The van der Waals surface area contributed by atoms with E-state index in [0.717, 1.165) is 25.9 Å². The summed E-state index contributed by atoms with van der Waals surface area (Å²) in [5, 5.41) is 6.21. The summed E-state index contributed by atoms with van der Waals surface area (Å²) in [6.45, 7) is 1.86. The van der Waals surface area contributed by atoms with Gasteiger partial charge in [0.05, 0.1) is 11.2 Å². The summed E-state index contributed by atoms with van der Waals surface area (Å²) in [4.78, 5) is 22.5. The summed E-state index contributed by atoms with van der Waals surface area (Å²) in [5.41, 5.74) is 0. The molecule has 5 nitrogen and oxygen atoms in total. The minimum absolute atomic E-state index is 0.0522. The summed E-state index contributed by atoms with van der Waals surface area (Å²) in [7, 11) is 0. The van der Waals surface area contributed by atoms with Gasteiger partial charge in [0, 0.05) is 31.4 Å². The molecule has 1 amide bonds. The number of thiophene rings is 1. The van der Waals surface area contributed by atoms with Gasteiger partial charge in [0.2, 0.25) is 5.91 Å². The van der Waals surface area contributed by atoms with Crippen LogP contribution < -0.4 is 10.2 Å². The Bertz CT molecular complexity index is 550. The van der Waals surface area contributed by atoms with E-state index in [1.54, 1.807) is 29.9 Å². The van der Waals surface area contributed by atoms with E-state index in [2.05, 4.69) is 37.7 Å². The van der Waals surface area contributed by atoms with Gasteiger partial charge >= 0.3 is 0 Å². The lowest BCUT2D eigenvalue weighted by atomic mass is 9.96. The summed E-state index contributed by atoms with van der Waals surface area (Å²) < 4.78 is 0. The van der Waals surface area contributed by atoms with Gasteiger partial charge in [0.1, 0.15) is 0 Å². The topological polar surface area (TPSA) is 58.1 Å².